The molecule has 1 aromatic carbocycles. The summed E-state index contributed by atoms with van der Waals surface area (Å²) in [6, 6.07) is 7.64. The highest BCUT2D eigenvalue weighted by Gasteiger charge is 2.27. The second-order valence-corrected chi connectivity index (χ2v) is 4.98. The van der Waals surface area contributed by atoms with Gasteiger partial charge < -0.3 is 14.7 Å². The van der Waals surface area contributed by atoms with E-state index in [1.54, 1.807) is 7.11 Å². The maximum absolute atomic E-state index is 11.2. The van der Waals surface area contributed by atoms with Crippen LogP contribution in [0.2, 0.25) is 0 Å². The van der Waals surface area contributed by atoms with Crippen molar-refractivity contribution < 1.29 is 14.6 Å². The first-order valence-corrected chi connectivity index (χ1v) is 7.01. The molecule has 1 N–H and O–H groups in total. The Morgan fingerprint density at radius 2 is 1.85 bits per heavy atom. The van der Waals surface area contributed by atoms with Gasteiger partial charge in [0.05, 0.1) is 7.11 Å². The average molecular weight is 278 g/mol. The van der Waals surface area contributed by atoms with Gasteiger partial charge in [-0.05, 0) is 30.7 Å². The molecule has 1 aromatic rings. The molecule has 1 heterocycles. The lowest BCUT2D eigenvalue weighted by molar-refractivity contribution is -0.143. The summed E-state index contributed by atoms with van der Waals surface area (Å²) in [5, 5.41) is 9.20. The van der Waals surface area contributed by atoms with Crippen molar-refractivity contribution in [2.24, 2.45) is 0 Å². The summed E-state index contributed by atoms with van der Waals surface area (Å²) in [7, 11) is 1.66. The molecule has 0 spiro atoms. The molecule has 0 radical (unpaired) electrons. The van der Waals surface area contributed by atoms with Gasteiger partial charge in [-0.15, -0.1) is 0 Å². The van der Waals surface area contributed by atoms with Crippen LogP contribution in [0.3, 0.4) is 0 Å². The third-order valence-electron chi connectivity index (χ3n) is 3.86. The van der Waals surface area contributed by atoms with Gasteiger partial charge in [0.25, 0.3) is 0 Å². The molecule has 0 saturated carbocycles. The quantitative estimate of drug-likeness (QED) is 0.888. The number of piperazine rings is 1. The molecule has 5 heteroatoms. The maximum Gasteiger partial charge on any atom is 0.320 e. The number of nitrogens with zero attached hydrogens (tertiary/aromatic N) is 2. The van der Waals surface area contributed by atoms with E-state index in [0.29, 0.717) is 6.42 Å². The maximum atomic E-state index is 11.2. The van der Waals surface area contributed by atoms with E-state index in [9.17, 15) is 9.90 Å². The van der Waals surface area contributed by atoms with Gasteiger partial charge in [-0.25, -0.2) is 0 Å². The number of benzene rings is 1. The highest BCUT2D eigenvalue weighted by atomic mass is 16.5. The molecule has 1 aliphatic rings. The number of carboxylic acid groups (broad SMARTS) is 1. The Morgan fingerprint density at radius 3 is 2.30 bits per heavy atom. The summed E-state index contributed by atoms with van der Waals surface area (Å²) in [6.45, 7) is 5.22. The fraction of sp³-hybridized carbons (Fsp3) is 0.533. The van der Waals surface area contributed by atoms with Gasteiger partial charge in [-0.2, -0.15) is 0 Å². The van der Waals surface area contributed by atoms with E-state index in [1.807, 2.05) is 31.2 Å². The number of anilines is 1. The number of aliphatic carboxylic acids is 1. The third-order valence-corrected chi connectivity index (χ3v) is 3.86. The van der Waals surface area contributed by atoms with Gasteiger partial charge in [0.15, 0.2) is 0 Å². The molecule has 5 nitrogen and oxygen atoms in total. The summed E-state index contributed by atoms with van der Waals surface area (Å²) in [5.74, 6) is 0.134. The molecule has 0 bridgehead atoms. The molecule has 20 heavy (non-hydrogen) atoms. The van der Waals surface area contributed by atoms with Crippen molar-refractivity contribution >= 4 is 11.7 Å². The number of hydrogen-bond donors (Lipinski definition) is 1. The minimum atomic E-state index is -0.717. The number of methoxy groups -OCH3 is 1. The Labute approximate surface area is 119 Å². The van der Waals surface area contributed by atoms with Crippen LogP contribution in [0.1, 0.15) is 13.3 Å². The zero-order chi connectivity index (χ0) is 14.5. The van der Waals surface area contributed by atoms with Gasteiger partial charge in [0.2, 0.25) is 0 Å². The van der Waals surface area contributed by atoms with Gasteiger partial charge in [0, 0.05) is 31.9 Å². The number of rotatable bonds is 5. The van der Waals surface area contributed by atoms with E-state index in [-0.39, 0.29) is 6.04 Å². The number of carboxylic acids is 1. The number of carbonyl (C=O) groups is 1. The van der Waals surface area contributed by atoms with Gasteiger partial charge in [0.1, 0.15) is 11.8 Å². The van der Waals surface area contributed by atoms with Gasteiger partial charge in [-0.1, -0.05) is 6.92 Å². The van der Waals surface area contributed by atoms with Crippen LogP contribution in [-0.2, 0) is 4.79 Å². The standard InChI is InChI=1S/C15H22N2O3/c1-3-14(15(18)19)17-10-8-16(9-11-17)12-4-6-13(20-2)7-5-12/h4-7,14H,3,8-11H2,1-2H3,(H,18,19)/t14-/m0/s1. The first kappa shape index (κ1) is 14.7. The summed E-state index contributed by atoms with van der Waals surface area (Å²) in [4.78, 5) is 15.5. The first-order chi connectivity index (χ1) is 9.65. The van der Waals surface area contributed by atoms with Crippen LogP contribution in [0.25, 0.3) is 0 Å². The van der Waals surface area contributed by atoms with E-state index in [4.69, 9.17) is 4.74 Å². The monoisotopic (exact) mass is 278 g/mol. The molecule has 0 amide bonds. The van der Waals surface area contributed by atoms with Crippen LogP contribution in [0.15, 0.2) is 24.3 Å². The van der Waals surface area contributed by atoms with Crippen molar-refractivity contribution in [1.29, 1.82) is 0 Å². The molecule has 0 aliphatic carbocycles. The minimum absolute atomic E-state index is 0.354. The van der Waals surface area contributed by atoms with Crippen molar-refractivity contribution in [2.45, 2.75) is 19.4 Å². The predicted molar refractivity (Wildman–Crippen MR) is 78.5 cm³/mol. The molecular weight excluding hydrogens is 256 g/mol. The van der Waals surface area contributed by atoms with Crippen molar-refractivity contribution in [1.82, 2.24) is 4.90 Å². The predicted octanol–water partition coefficient (Wildman–Crippen LogP) is 1.68. The van der Waals surface area contributed by atoms with E-state index in [2.05, 4.69) is 9.80 Å². The van der Waals surface area contributed by atoms with Gasteiger partial charge >= 0.3 is 5.97 Å². The molecule has 2 rings (SSSR count). The Morgan fingerprint density at radius 1 is 1.25 bits per heavy atom. The fourth-order valence-electron chi connectivity index (χ4n) is 2.67. The van der Waals surface area contributed by atoms with Crippen LogP contribution in [0.4, 0.5) is 5.69 Å². The van der Waals surface area contributed by atoms with E-state index < -0.39 is 5.97 Å². The van der Waals surface area contributed by atoms with Crippen molar-refractivity contribution in [3.8, 4) is 5.75 Å². The first-order valence-electron chi connectivity index (χ1n) is 7.01. The third kappa shape index (κ3) is 3.22. The molecule has 0 aromatic heterocycles. The number of ether oxygens (including phenoxy) is 1. The van der Waals surface area contributed by atoms with Gasteiger partial charge in [-0.3, -0.25) is 9.69 Å². The Hall–Kier alpha value is -1.75. The second kappa shape index (κ2) is 6.61. The van der Waals surface area contributed by atoms with Crippen molar-refractivity contribution in [2.75, 3.05) is 38.2 Å². The molecule has 1 atom stereocenters. The normalized spacial score (nSPS) is 17.8. The minimum Gasteiger partial charge on any atom is -0.497 e. The molecular formula is C15H22N2O3. The topological polar surface area (TPSA) is 53.0 Å². The SMILES string of the molecule is CC[C@@H](C(=O)O)N1CCN(c2ccc(OC)cc2)CC1. The summed E-state index contributed by atoms with van der Waals surface area (Å²) in [6.07, 6.45) is 0.651. The lowest BCUT2D eigenvalue weighted by Gasteiger charge is -2.38. The summed E-state index contributed by atoms with van der Waals surface area (Å²) >= 11 is 0. The van der Waals surface area contributed by atoms with E-state index in [0.717, 1.165) is 37.6 Å². The Balaban J connectivity index is 1.94. The summed E-state index contributed by atoms with van der Waals surface area (Å²) in [5.41, 5.74) is 1.16. The molecule has 1 aliphatic heterocycles. The van der Waals surface area contributed by atoms with Crippen LogP contribution in [0, 0.1) is 0 Å². The van der Waals surface area contributed by atoms with Crippen molar-refractivity contribution in [3.05, 3.63) is 24.3 Å². The highest BCUT2D eigenvalue weighted by molar-refractivity contribution is 5.73. The fourth-order valence-corrected chi connectivity index (χ4v) is 2.67. The van der Waals surface area contributed by atoms with Crippen LogP contribution < -0.4 is 9.64 Å². The molecule has 0 unspecified atom stereocenters. The van der Waals surface area contributed by atoms with Crippen LogP contribution in [-0.4, -0.2) is 55.3 Å². The summed E-state index contributed by atoms with van der Waals surface area (Å²) < 4.78 is 5.15. The highest BCUT2D eigenvalue weighted by Crippen LogP contribution is 2.21. The lowest BCUT2D eigenvalue weighted by atomic mass is 10.1. The average Bonchev–Trinajstić information content (AvgIpc) is 2.48. The van der Waals surface area contributed by atoms with Crippen LogP contribution >= 0.6 is 0 Å². The lowest BCUT2D eigenvalue weighted by Crippen LogP contribution is -2.52. The molecule has 1 saturated heterocycles. The second-order valence-electron chi connectivity index (χ2n) is 4.98. The zero-order valence-corrected chi connectivity index (χ0v) is 12.1. The Bertz CT molecular complexity index is 439. The Kier molecular flexibility index (Phi) is 4.84. The zero-order valence-electron chi connectivity index (χ0n) is 12.1. The molecule has 110 valence electrons. The van der Waals surface area contributed by atoms with Crippen molar-refractivity contribution in [3.63, 3.8) is 0 Å². The smallest absolute Gasteiger partial charge is 0.320 e. The molecule has 1 fully saturated rings. The van der Waals surface area contributed by atoms with E-state index >= 15 is 0 Å². The van der Waals surface area contributed by atoms with Crippen LogP contribution in [0.5, 0.6) is 5.75 Å². The van der Waals surface area contributed by atoms with E-state index in [1.165, 1.54) is 0 Å². The largest absolute Gasteiger partial charge is 0.497 e. The number of hydrogen-bond acceptors (Lipinski definition) is 4.